The molecule has 0 aromatic heterocycles. The molecule has 136 valence electrons. The minimum absolute atomic E-state index is 0.000507. The lowest BCUT2D eigenvalue weighted by atomic mass is 9.79. The van der Waals surface area contributed by atoms with E-state index in [0.717, 1.165) is 25.9 Å². The van der Waals surface area contributed by atoms with Gasteiger partial charge in [-0.2, -0.15) is 0 Å². The molecule has 0 bridgehead atoms. The summed E-state index contributed by atoms with van der Waals surface area (Å²) in [5.41, 5.74) is 6.15. The third-order valence-corrected chi connectivity index (χ3v) is 5.47. The maximum absolute atomic E-state index is 12.7. The van der Waals surface area contributed by atoms with Gasteiger partial charge >= 0.3 is 0 Å². The smallest absolute Gasteiger partial charge is 0.237 e. The summed E-state index contributed by atoms with van der Waals surface area (Å²) in [6.45, 7) is 3.03. The van der Waals surface area contributed by atoms with Crippen LogP contribution in [0, 0.1) is 5.41 Å². The molecule has 2 saturated heterocycles. The summed E-state index contributed by atoms with van der Waals surface area (Å²) in [6.07, 6.45) is 3.01. The van der Waals surface area contributed by atoms with Gasteiger partial charge in [-0.05, 0) is 37.8 Å². The van der Waals surface area contributed by atoms with Crippen molar-refractivity contribution >= 4 is 11.8 Å². The molecule has 1 aromatic carbocycles. The first kappa shape index (κ1) is 17.9. The molecule has 1 atom stereocenters. The summed E-state index contributed by atoms with van der Waals surface area (Å²) >= 11 is 0. The summed E-state index contributed by atoms with van der Waals surface area (Å²) in [5, 5.41) is 3.00. The monoisotopic (exact) mass is 345 g/mol. The summed E-state index contributed by atoms with van der Waals surface area (Å²) in [4.78, 5) is 26.9. The molecule has 2 aliphatic rings. The maximum atomic E-state index is 12.7. The predicted molar refractivity (Wildman–Crippen MR) is 94.6 cm³/mol. The second-order valence-electron chi connectivity index (χ2n) is 7.09. The van der Waals surface area contributed by atoms with Gasteiger partial charge in [0.05, 0.1) is 11.5 Å². The number of rotatable bonds is 6. The van der Waals surface area contributed by atoms with Crippen LogP contribution in [0.3, 0.4) is 0 Å². The minimum Gasteiger partial charge on any atom is -0.381 e. The fourth-order valence-electron chi connectivity index (χ4n) is 3.78. The molecule has 2 heterocycles. The lowest BCUT2D eigenvalue weighted by Crippen LogP contribution is -2.52. The van der Waals surface area contributed by atoms with E-state index >= 15 is 0 Å². The van der Waals surface area contributed by atoms with Crippen molar-refractivity contribution in [3.8, 4) is 0 Å². The zero-order valence-corrected chi connectivity index (χ0v) is 14.6. The molecular formula is C19H27N3O3. The Kier molecular flexibility index (Phi) is 5.71. The Morgan fingerprint density at radius 3 is 2.64 bits per heavy atom. The van der Waals surface area contributed by atoms with E-state index in [-0.39, 0.29) is 17.9 Å². The Morgan fingerprint density at radius 2 is 1.96 bits per heavy atom. The number of hydrogen-bond donors (Lipinski definition) is 2. The van der Waals surface area contributed by atoms with Crippen molar-refractivity contribution in [2.45, 2.75) is 38.3 Å². The van der Waals surface area contributed by atoms with Crippen LogP contribution >= 0.6 is 0 Å². The van der Waals surface area contributed by atoms with Crippen molar-refractivity contribution in [3.05, 3.63) is 35.9 Å². The topological polar surface area (TPSA) is 84.7 Å². The Balaban J connectivity index is 1.59. The highest BCUT2D eigenvalue weighted by Gasteiger charge is 2.40. The van der Waals surface area contributed by atoms with Crippen molar-refractivity contribution in [1.29, 1.82) is 0 Å². The summed E-state index contributed by atoms with van der Waals surface area (Å²) < 4.78 is 5.34. The van der Waals surface area contributed by atoms with Crippen molar-refractivity contribution in [2.24, 2.45) is 11.1 Å². The second-order valence-corrected chi connectivity index (χ2v) is 7.09. The van der Waals surface area contributed by atoms with Crippen LogP contribution in [0.2, 0.25) is 0 Å². The second kappa shape index (κ2) is 7.97. The van der Waals surface area contributed by atoms with Gasteiger partial charge in [0.1, 0.15) is 0 Å². The Hall–Kier alpha value is -1.92. The highest BCUT2D eigenvalue weighted by molar-refractivity contribution is 5.85. The molecule has 6 nitrogen and oxygen atoms in total. The van der Waals surface area contributed by atoms with Crippen molar-refractivity contribution in [3.63, 3.8) is 0 Å². The number of primary amides is 1. The maximum Gasteiger partial charge on any atom is 0.237 e. The standard InChI is InChI=1S/C19H27N3O3/c20-18(24)19(8-11-25-12-9-19)14-21-17(23)16-7-4-10-22(16)13-15-5-2-1-3-6-15/h1-3,5-6,16H,4,7-14H2,(H2,20,24)(H,21,23)/t16-/m1/s1. The van der Waals surface area contributed by atoms with Crippen LogP contribution in [0.25, 0.3) is 0 Å². The van der Waals surface area contributed by atoms with Gasteiger partial charge in [0, 0.05) is 26.3 Å². The fraction of sp³-hybridized carbons (Fsp3) is 0.579. The number of ether oxygens (including phenoxy) is 1. The first-order chi connectivity index (χ1) is 12.1. The van der Waals surface area contributed by atoms with Crippen LogP contribution in [0.1, 0.15) is 31.2 Å². The average Bonchev–Trinajstić information content (AvgIpc) is 3.09. The summed E-state index contributed by atoms with van der Waals surface area (Å²) in [7, 11) is 0. The number of nitrogens with one attached hydrogen (secondary N) is 1. The van der Waals surface area contributed by atoms with Crippen molar-refractivity contribution < 1.29 is 14.3 Å². The molecule has 0 radical (unpaired) electrons. The summed E-state index contributed by atoms with van der Waals surface area (Å²) in [6, 6.07) is 10.1. The molecule has 0 saturated carbocycles. The molecule has 1 aromatic rings. The molecule has 3 N–H and O–H groups in total. The van der Waals surface area contributed by atoms with Gasteiger partial charge in [0.15, 0.2) is 0 Å². The largest absolute Gasteiger partial charge is 0.381 e. The van der Waals surface area contributed by atoms with Crippen LogP contribution in [0.5, 0.6) is 0 Å². The molecule has 2 fully saturated rings. The van der Waals surface area contributed by atoms with Gasteiger partial charge in [-0.15, -0.1) is 0 Å². The molecule has 0 unspecified atom stereocenters. The van der Waals surface area contributed by atoms with Gasteiger partial charge in [0.25, 0.3) is 0 Å². The predicted octanol–water partition coefficient (Wildman–Crippen LogP) is 1.05. The van der Waals surface area contributed by atoms with E-state index in [4.69, 9.17) is 10.5 Å². The van der Waals surface area contributed by atoms with E-state index in [9.17, 15) is 9.59 Å². The summed E-state index contributed by atoms with van der Waals surface area (Å²) in [5.74, 6) is -0.343. The molecular weight excluding hydrogens is 318 g/mol. The molecule has 0 spiro atoms. The lowest BCUT2D eigenvalue weighted by molar-refractivity contribution is -0.134. The number of carbonyl (C=O) groups excluding carboxylic acids is 2. The van der Waals surface area contributed by atoms with Crippen molar-refractivity contribution in [1.82, 2.24) is 10.2 Å². The SMILES string of the molecule is NC(=O)C1(CNC(=O)[C@H]2CCCN2Cc2ccccc2)CCOCC1. The Morgan fingerprint density at radius 1 is 1.24 bits per heavy atom. The van der Waals surface area contributed by atoms with Crippen LogP contribution in [0.15, 0.2) is 30.3 Å². The van der Waals surface area contributed by atoms with Crippen LogP contribution in [-0.2, 0) is 20.9 Å². The lowest BCUT2D eigenvalue weighted by Gasteiger charge is -2.35. The molecule has 0 aliphatic carbocycles. The van der Waals surface area contributed by atoms with E-state index in [0.29, 0.717) is 32.6 Å². The number of amides is 2. The van der Waals surface area contributed by atoms with Crippen molar-refractivity contribution in [2.75, 3.05) is 26.3 Å². The molecule has 2 aliphatic heterocycles. The Labute approximate surface area is 148 Å². The van der Waals surface area contributed by atoms with Gasteiger partial charge in [-0.1, -0.05) is 30.3 Å². The average molecular weight is 345 g/mol. The van der Waals surface area contributed by atoms with E-state index in [1.54, 1.807) is 0 Å². The number of benzene rings is 1. The Bertz CT molecular complexity index is 599. The minimum atomic E-state index is -0.670. The van der Waals surface area contributed by atoms with Gasteiger partial charge in [-0.3, -0.25) is 14.5 Å². The number of likely N-dealkylation sites (tertiary alicyclic amines) is 1. The fourth-order valence-corrected chi connectivity index (χ4v) is 3.78. The van der Waals surface area contributed by atoms with E-state index < -0.39 is 5.41 Å². The third kappa shape index (κ3) is 4.19. The highest BCUT2D eigenvalue weighted by Crippen LogP contribution is 2.29. The zero-order chi connectivity index (χ0) is 17.7. The van der Waals surface area contributed by atoms with E-state index in [1.807, 2.05) is 18.2 Å². The van der Waals surface area contributed by atoms with Crippen LogP contribution < -0.4 is 11.1 Å². The zero-order valence-electron chi connectivity index (χ0n) is 14.6. The molecule has 3 rings (SSSR count). The quantitative estimate of drug-likeness (QED) is 0.807. The number of nitrogens with two attached hydrogens (primary N) is 1. The number of nitrogens with zero attached hydrogens (tertiary/aromatic N) is 1. The normalized spacial score (nSPS) is 23.3. The first-order valence-corrected chi connectivity index (χ1v) is 9.04. The van der Waals surface area contributed by atoms with Gasteiger partial charge in [-0.25, -0.2) is 0 Å². The van der Waals surface area contributed by atoms with Crippen LogP contribution in [-0.4, -0.2) is 49.1 Å². The molecule has 2 amide bonds. The molecule has 6 heteroatoms. The van der Waals surface area contributed by atoms with E-state index in [2.05, 4.69) is 22.3 Å². The molecule has 25 heavy (non-hydrogen) atoms. The van der Waals surface area contributed by atoms with Crippen LogP contribution in [0.4, 0.5) is 0 Å². The highest BCUT2D eigenvalue weighted by atomic mass is 16.5. The van der Waals surface area contributed by atoms with E-state index in [1.165, 1.54) is 5.56 Å². The number of carbonyl (C=O) groups is 2. The first-order valence-electron chi connectivity index (χ1n) is 9.04. The number of hydrogen-bond acceptors (Lipinski definition) is 4. The third-order valence-electron chi connectivity index (χ3n) is 5.47. The van der Waals surface area contributed by atoms with Gasteiger partial charge < -0.3 is 15.8 Å². The van der Waals surface area contributed by atoms with Gasteiger partial charge in [0.2, 0.25) is 11.8 Å².